The molecule has 0 fully saturated rings. The Balaban J connectivity index is 2.59. The predicted molar refractivity (Wildman–Crippen MR) is 57.4 cm³/mol. The summed E-state index contributed by atoms with van der Waals surface area (Å²) in [5.41, 5.74) is 1.97. The predicted octanol–water partition coefficient (Wildman–Crippen LogP) is 1.15. The van der Waals surface area contributed by atoms with E-state index < -0.39 is 0 Å². The van der Waals surface area contributed by atoms with Gasteiger partial charge in [0.15, 0.2) is 0 Å². The molecule has 0 aliphatic carbocycles. The minimum absolute atomic E-state index is 0.0596. The van der Waals surface area contributed by atoms with Gasteiger partial charge in [-0.3, -0.25) is 14.8 Å². The number of aryl methyl sites for hydroxylation is 2. The van der Waals surface area contributed by atoms with Crippen molar-refractivity contribution in [1.29, 1.82) is 0 Å². The van der Waals surface area contributed by atoms with Crippen LogP contribution in [0, 0.1) is 6.92 Å². The van der Waals surface area contributed by atoms with E-state index in [9.17, 15) is 4.79 Å². The molecule has 0 aromatic carbocycles. The molecule has 0 aliphatic heterocycles. The lowest BCUT2D eigenvalue weighted by Crippen LogP contribution is -2.17. The van der Waals surface area contributed by atoms with E-state index in [2.05, 4.69) is 9.97 Å². The number of aromatic nitrogens is 3. The van der Waals surface area contributed by atoms with Crippen LogP contribution >= 0.6 is 0 Å². The van der Waals surface area contributed by atoms with Gasteiger partial charge in [0.05, 0.1) is 23.1 Å². The highest BCUT2D eigenvalue weighted by Crippen LogP contribution is 2.09. The Kier molecular flexibility index (Phi) is 2.33. The van der Waals surface area contributed by atoms with Crippen molar-refractivity contribution in [3.05, 3.63) is 46.8 Å². The monoisotopic (exact) mass is 201 g/mol. The van der Waals surface area contributed by atoms with Crippen molar-refractivity contribution in [1.82, 2.24) is 14.5 Å². The Bertz CT molecular complexity index is 528. The molecule has 2 aromatic heterocycles. The molecule has 0 saturated heterocycles. The van der Waals surface area contributed by atoms with Crippen LogP contribution < -0.4 is 5.56 Å². The van der Waals surface area contributed by atoms with Crippen LogP contribution in [-0.2, 0) is 7.05 Å². The van der Waals surface area contributed by atoms with Crippen molar-refractivity contribution in [2.24, 2.45) is 7.05 Å². The van der Waals surface area contributed by atoms with Crippen LogP contribution in [0.5, 0.6) is 0 Å². The highest BCUT2D eigenvalue weighted by atomic mass is 16.1. The summed E-state index contributed by atoms with van der Waals surface area (Å²) >= 11 is 0. The Morgan fingerprint density at radius 1 is 1.27 bits per heavy atom. The molecule has 0 aliphatic rings. The lowest BCUT2D eigenvalue weighted by Gasteiger charge is -2.02. The van der Waals surface area contributed by atoms with Gasteiger partial charge in [-0.15, -0.1) is 0 Å². The molecule has 4 heteroatoms. The molecule has 0 unspecified atom stereocenters. The maximum atomic E-state index is 11.7. The molecule has 0 saturated carbocycles. The Morgan fingerprint density at radius 2 is 2.07 bits per heavy atom. The van der Waals surface area contributed by atoms with Crippen LogP contribution in [0.25, 0.3) is 11.3 Å². The number of hydrogen-bond acceptors (Lipinski definition) is 3. The second-order valence-electron chi connectivity index (χ2n) is 3.38. The van der Waals surface area contributed by atoms with Crippen LogP contribution in [0.4, 0.5) is 0 Å². The highest BCUT2D eigenvalue weighted by molar-refractivity contribution is 5.56. The third kappa shape index (κ3) is 1.79. The second kappa shape index (κ2) is 3.65. The minimum Gasteiger partial charge on any atom is -0.318 e. The molecule has 0 atom stereocenters. The molecule has 0 bridgehead atoms. The lowest BCUT2D eigenvalue weighted by atomic mass is 10.2. The fraction of sp³-hybridized carbons (Fsp3) is 0.182. The van der Waals surface area contributed by atoms with Crippen molar-refractivity contribution in [2.45, 2.75) is 6.92 Å². The first kappa shape index (κ1) is 9.58. The van der Waals surface area contributed by atoms with Crippen molar-refractivity contribution in [3.63, 3.8) is 0 Å². The van der Waals surface area contributed by atoms with Gasteiger partial charge >= 0.3 is 0 Å². The molecule has 0 N–H and O–H groups in total. The zero-order chi connectivity index (χ0) is 10.8. The van der Waals surface area contributed by atoms with Crippen molar-refractivity contribution < 1.29 is 0 Å². The molecule has 76 valence electrons. The van der Waals surface area contributed by atoms with Crippen molar-refractivity contribution in [3.8, 4) is 11.3 Å². The average molecular weight is 201 g/mol. The van der Waals surface area contributed by atoms with Crippen LogP contribution in [0.15, 0.2) is 35.5 Å². The summed E-state index contributed by atoms with van der Waals surface area (Å²) in [6.45, 7) is 1.86. The number of hydrogen-bond donors (Lipinski definition) is 0. The van der Waals surface area contributed by atoms with E-state index in [-0.39, 0.29) is 5.56 Å². The summed E-state index contributed by atoms with van der Waals surface area (Å²) in [6.07, 6.45) is 4.99. The number of nitrogens with zero attached hydrogens (tertiary/aromatic N) is 3. The lowest BCUT2D eigenvalue weighted by molar-refractivity contribution is 0.861. The summed E-state index contributed by atoms with van der Waals surface area (Å²) in [5, 5.41) is 0. The highest BCUT2D eigenvalue weighted by Gasteiger charge is 2.04. The maximum Gasteiger partial charge on any atom is 0.259 e. The average Bonchev–Trinajstić information content (AvgIpc) is 2.24. The molecule has 4 nitrogen and oxygen atoms in total. The third-order valence-electron chi connectivity index (χ3n) is 2.18. The molecule has 15 heavy (non-hydrogen) atoms. The fourth-order valence-corrected chi connectivity index (χ4v) is 1.32. The number of pyridine rings is 1. The van der Waals surface area contributed by atoms with Crippen LogP contribution in [0.2, 0.25) is 0 Å². The van der Waals surface area contributed by atoms with E-state index in [0.29, 0.717) is 11.3 Å². The van der Waals surface area contributed by atoms with Gasteiger partial charge in [-0.2, -0.15) is 0 Å². The first-order valence-electron chi connectivity index (χ1n) is 4.63. The van der Waals surface area contributed by atoms with Crippen LogP contribution in [0.1, 0.15) is 5.69 Å². The second-order valence-corrected chi connectivity index (χ2v) is 3.38. The first-order chi connectivity index (χ1) is 7.18. The Hall–Kier alpha value is -1.97. The molecular formula is C11H11N3O. The van der Waals surface area contributed by atoms with Gasteiger partial charge in [0, 0.05) is 19.4 Å². The SMILES string of the molecule is Cc1cnc(-c2cccn(C)c2=O)cn1. The fourth-order valence-electron chi connectivity index (χ4n) is 1.32. The van der Waals surface area contributed by atoms with Crippen LogP contribution in [0.3, 0.4) is 0 Å². The quantitative estimate of drug-likeness (QED) is 0.695. The minimum atomic E-state index is -0.0596. The summed E-state index contributed by atoms with van der Waals surface area (Å²) in [5.74, 6) is 0. The van der Waals surface area contributed by atoms with Gasteiger partial charge in [-0.05, 0) is 19.1 Å². The first-order valence-corrected chi connectivity index (χ1v) is 4.63. The van der Waals surface area contributed by atoms with Crippen molar-refractivity contribution >= 4 is 0 Å². The summed E-state index contributed by atoms with van der Waals surface area (Å²) in [7, 11) is 1.72. The molecule has 2 rings (SSSR count). The molecule has 0 radical (unpaired) electrons. The number of rotatable bonds is 1. The molecule has 0 amide bonds. The van der Waals surface area contributed by atoms with Crippen molar-refractivity contribution in [2.75, 3.05) is 0 Å². The zero-order valence-corrected chi connectivity index (χ0v) is 8.64. The van der Waals surface area contributed by atoms with E-state index in [1.807, 2.05) is 13.0 Å². The van der Waals surface area contributed by atoms with E-state index in [1.165, 1.54) is 4.57 Å². The largest absolute Gasteiger partial charge is 0.318 e. The van der Waals surface area contributed by atoms with E-state index in [4.69, 9.17) is 0 Å². The van der Waals surface area contributed by atoms with Gasteiger partial charge < -0.3 is 4.57 Å². The smallest absolute Gasteiger partial charge is 0.259 e. The normalized spacial score (nSPS) is 10.3. The van der Waals surface area contributed by atoms with E-state index in [1.54, 1.807) is 31.7 Å². The molecule has 0 spiro atoms. The summed E-state index contributed by atoms with van der Waals surface area (Å²) in [6, 6.07) is 3.57. The van der Waals surface area contributed by atoms with Crippen LogP contribution in [-0.4, -0.2) is 14.5 Å². The molecule has 2 heterocycles. The van der Waals surface area contributed by atoms with E-state index >= 15 is 0 Å². The van der Waals surface area contributed by atoms with Gasteiger partial charge in [0.25, 0.3) is 5.56 Å². The van der Waals surface area contributed by atoms with E-state index in [0.717, 1.165) is 5.69 Å². The Morgan fingerprint density at radius 3 is 2.73 bits per heavy atom. The van der Waals surface area contributed by atoms with Gasteiger partial charge in [-0.1, -0.05) is 0 Å². The maximum absolute atomic E-state index is 11.7. The standard InChI is InChI=1S/C11H11N3O/c1-8-6-13-10(7-12-8)9-4-3-5-14(2)11(9)15/h3-7H,1-2H3. The van der Waals surface area contributed by atoms with Gasteiger partial charge in [-0.25, -0.2) is 0 Å². The van der Waals surface area contributed by atoms with Gasteiger partial charge in [0.1, 0.15) is 0 Å². The molecule has 2 aromatic rings. The third-order valence-corrected chi connectivity index (χ3v) is 2.18. The summed E-state index contributed by atoms with van der Waals surface area (Å²) < 4.78 is 1.52. The Labute approximate surface area is 87.2 Å². The zero-order valence-electron chi connectivity index (χ0n) is 8.64. The molecular weight excluding hydrogens is 190 g/mol. The summed E-state index contributed by atoms with van der Waals surface area (Å²) in [4.78, 5) is 20.0. The topological polar surface area (TPSA) is 47.8 Å². The van der Waals surface area contributed by atoms with Gasteiger partial charge in [0.2, 0.25) is 0 Å².